The molecule has 0 aromatic rings. The number of ketones is 1. The van der Waals surface area contributed by atoms with Crippen molar-refractivity contribution in [2.75, 3.05) is 33.8 Å². The maximum Gasteiger partial charge on any atom is 0.243 e. The van der Waals surface area contributed by atoms with Crippen LogP contribution in [0.15, 0.2) is 25.3 Å². The van der Waals surface area contributed by atoms with Gasteiger partial charge in [-0.25, -0.2) is 0 Å². The maximum absolute atomic E-state index is 11.0. The van der Waals surface area contributed by atoms with Crippen LogP contribution in [0.1, 0.15) is 0 Å². The van der Waals surface area contributed by atoms with Gasteiger partial charge in [-0.1, -0.05) is 13.2 Å². The number of likely N-dealkylation sites (N-methyl/N-ethyl adjacent to an activating group) is 2. The molecule has 0 radical (unpaired) electrons. The lowest BCUT2D eigenvalue weighted by atomic mass is 10.2. The highest BCUT2D eigenvalue weighted by Gasteiger charge is 2.21. The van der Waals surface area contributed by atoms with Gasteiger partial charge in [-0.2, -0.15) is 0 Å². The van der Waals surface area contributed by atoms with Gasteiger partial charge in [0.15, 0.2) is 5.78 Å². The third-order valence-electron chi connectivity index (χ3n) is 2.22. The van der Waals surface area contributed by atoms with E-state index in [0.717, 1.165) is 6.54 Å². The molecular weight excluding hydrogens is 220 g/mol. The highest BCUT2D eigenvalue weighted by molar-refractivity contribution is 5.93. The Morgan fingerprint density at radius 1 is 1.41 bits per heavy atom. The van der Waals surface area contributed by atoms with Crippen molar-refractivity contribution in [3.8, 4) is 0 Å². The fourth-order valence-electron chi connectivity index (χ4n) is 1.18. The molecule has 1 heterocycles. The minimum Gasteiger partial charge on any atom is -0.367 e. The number of nitrogens with zero attached hydrogens (tertiary/aromatic N) is 1. The van der Waals surface area contributed by atoms with Gasteiger partial charge in [0.25, 0.3) is 0 Å². The van der Waals surface area contributed by atoms with Gasteiger partial charge < -0.3 is 15.0 Å². The molecule has 1 aliphatic rings. The third-order valence-corrected chi connectivity index (χ3v) is 2.22. The molecule has 1 atom stereocenters. The van der Waals surface area contributed by atoms with Crippen LogP contribution in [0, 0.1) is 0 Å². The van der Waals surface area contributed by atoms with Crippen LogP contribution < -0.4 is 5.32 Å². The summed E-state index contributed by atoms with van der Waals surface area (Å²) >= 11 is 0. The zero-order valence-electron chi connectivity index (χ0n) is 10.4. The Labute approximate surface area is 102 Å². The zero-order valence-corrected chi connectivity index (χ0v) is 10.4. The molecular formula is C12H20N2O3. The lowest BCUT2D eigenvalue weighted by molar-refractivity contribution is -0.130. The van der Waals surface area contributed by atoms with Crippen LogP contribution in [0.2, 0.25) is 0 Å². The standard InChI is InChI=1S/C8H13NO2.C4H7NO/c1-3-7(10)8-6-9(2)4-5-11-8;1-3-4(6)5-2/h3,8H,1,4-6H2,2H3;3H,1H2,2H3,(H,5,6). The molecule has 0 bridgehead atoms. The average molecular weight is 240 g/mol. The number of hydrogen-bond acceptors (Lipinski definition) is 4. The van der Waals surface area contributed by atoms with Crippen LogP contribution in [-0.4, -0.2) is 56.5 Å². The highest BCUT2D eigenvalue weighted by Crippen LogP contribution is 2.03. The van der Waals surface area contributed by atoms with Crippen molar-refractivity contribution in [1.82, 2.24) is 10.2 Å². The summed E-state index contributed by atoms with van der Waals surface area (Å²) in [5.74, 6) is -0.161. The lowest BCUT2D eigenvalue weighted by Gasteiger charge is -2.28. The molecule has 5 nitrogen and oxygen atoms in total. The van der Waals surface area contributed by atoms with Crippen molar-refractivity contribution in [2.24, 2.45) is 0 Å². The number of ether oxygens (including phenoxy) is 1. The number of amides is 1. The van der Waals surface area contributed by atoms with Crippen LogP contribution in [0.4, 0.5) is 0 Å². The zero-order chi connectivity index (χ0) is 13.3. The van der Waals surface area contributed by atoms with Crippen molar-refractivity contribution < 1.29 is 14.3 Å². The lowest BCUT2D eigenvalue weighted by Crippen LogP contribution is -2.43. The number of carbonyl (C=O) groups is 2. The van der Waals surface area contributed by atoms with E-state index in [0.29, 0.717) is 13.2 Å². The molecule has 17 heavy (non-hydrogen) atoms. The van der Waals surface area contributed by atoms with Gasteiger partial charge in [-0.15, -0.1) is 0 Å². The minimum absolute atomic E-state index is 0.0171. The van der Waals surface area contributed by atoms with Gasteiger partial charge in [-0.05, 0) is 19.2 Å². The van der Waals surface area contributed by atoms with Crippen LogP contribution in [0.3, 0.4) is 0 Å². The summed E-state index contributed by atoms with van der Waals surface area (Å²) in [6.07, 6.45) is 2.26. The Hall–Kier alpha value is -1.46. The maximum atomic E-state index is 11.0. The largest absolute Gasteiger partial charge is 0.367 e. The monoisotopic (exact) mass is 240 g/mol. The molecule has 1 amide bonds. The predicted molar refractivity (Wildman–Crippen MR) is 66.7 cm³/mol. The Balaban J connectivity index is 0.000000366. The van der Waals surface area contributed by atoms with Gasteiger partial charge in [-0.3, -0.25) is 9.59 Å². The summed E-state index contributed by atoms with van der Waals surface area (Å²) in [4.78, 5) is 23.1. The summed E-state index contributed by atoms with van der Waals surface area (Å²) in [6.45, 7) is 8.86. The molecule has 0 spiro atoms. The second kappa shape index (κ2) is 8.66. The van der Waals surface area contributed by atoms with Gasteiger partial charge >= 0.3 is 0 Å². The number of morpholine rings is 1. The molecule has 1 unspecified atom stereocenters. The molecule has 96 valence electrons. The van der Waals surface area contributed by atoms with Crippen molar-refractivity contribution in [3.05, 3.63) is 25.3 Å². The first-order valence-corrected chi connectivity index (χ1v) is 5.35. The minimum atomic E-state index is -0.286. The van der Waals surface area contributed by atoms with Crippen molar-refractivity contribution in [3.63, 3.8) is 0 Å². The highest BCUT2D eigenvalue weighted by atomic mass is 16.5. The van der Waals surface area contributed by atoms with Crippen molar-refractivity contribution in [2.45, 2.75) is 6.10 Å². The summed E-state index contributed by atoms with van der Waals surface area (Å²) in [5.41, 5.74) is 0. The molecule has 0 aliphatic carbocycles. The van der Waals surface area contributed by atoms with Gasteiger partial charge in [0, 0.05) is 20.1 Å². The molecule has 1 saturated heterocycles. The van der Waals surface area contributed by atoms with Gasteiger partial charge in [0.2, 0.25) is 5.91 Å². The molecule has 1 aliphatic heterocycles. The SMILES string of the molecule is C=CC(=O)C1CN(C)CCO1.C=CC(=O)NC. The van der Waals surface area contributed by atoms with E-state index in [1.54, 1.807) is 7.05 Å². The van der Waals surface area contributed by atoms with Crippen LogP contribution >= 0.6 is 0 Å². The summed E-state index contributed by atoms with van der Waals surface area (Å²) in [6, 6.07) is 0. The van der Waals surface area contributed by atoms with Crippen molar-refractivity contribution >= 4 is 11.7 Å². The smallest absolute Gasteiger partial charge is 0.243 e. The van der Waals surface area contributed by atoms with Crippen molar-refractivity contribution in [1.29, 1.82) is 0 Å². The van der Waals surface area contributed by atoms with E-state index in [4.69, 9.17) is 4.74 Å². The third kappa shape index (κ3) is 6.65. The van der Waals surface area contributed by atoms with E-state index >= 15 is 0 Å². The van der Waals surface area contributed by atoms with E-state index < -0.39 is 0 Å². The molecule has 0 aromatic heterocycles. The normalized spacial score (nSPS) is 19.5. The van der Waals surface area contributed by atoms with Gasteiger partial charge in [0.05, 0.1) is 6.61 Å². The second-order valence-corrected chi connectivity index (χ2v) is 3.55. The van der Waals surface area contributed by atoms with E-state index in [-0.39, 0.29) is 17.8 Å². The van der Waals surface area contributed by atoms with E-state index in [1.807, 2.05) is 7.05 Å². The van der Waals surface area contributed by atoms with Crippen LogP contribution in [-0.2, 0) is 14.3 Å². The first kappa shape index (κ1) is 15.5. The van der Waals surface area contributed by atoms with E-state index in [1.165, 1.54) is 12.2 Å². The Morgan fingerprint density at radius 2 is 2.06 bits per heavy atom. The summed E-state index contributed by atoms with van der Waals surface area (Å²) < 4.78 is 5.24. The first-order valence-electron chi connectivity index (χ1n) is 5.35. The number of carbonyl (C=O) groups excluding carboxylic acids is 2. The van der Waals surface area contributed by atoms with E-state index in [9.17, 15) is 9.59 Å². The molecule has 1 N–H and O–H groups in total. The van der Waals surface area contributed by atoms with Gasteiger partial charge in [0.1, 0.15) is 6.10 Å². The van der Waals surface area contributed by atoms with E-state index in [2.05, 4.69) is 23.4 Å². The predicted octanol–water partition coefficient (Wildman–Crippen LogP) is -0.00950. The quantitative estimate of drug-likeness (QED) is 0.705. The average Bonchev–Trinajstić information content (AvgIpc) is 2.37. The molecule has 1 fully saturated rings. The fraction of sp³-hybridized carbons (Fsp3) is 0.500. The number of nitrogens with one attached hydrogen (secondary N) is 1. The molecule has 5 heteroatoms. The molecule has 0 saturated carbocycles. The van der Waals surface area contributed by atoms with Crippen LogP contribution in [0.5, 0.6) is 0 Å². The van der Waals surface area contributed by atoms with Crippen LogP contribution in [0.25, 0.3) is 0 Å². The first-order chi connectivity index (χ1) is 8.04. The topological polar surface area (TPSA) is 58.6 Å². The molecule has 1 rings (SSSR count). The Bertz CT molecular complexity index is 289. The summed E-state index contributed by atoms with van der Waals surface area (Å²) in [5, 5.41) is 2.36. The number of hydrogen-bond donors (Lipinski definition) is 1. The molecule has 0 aromatic carbocycles. The Kier molecular flexibility index (Phi) is 7.92. The Morgan fingerprint density at radius 3 is 2.41 bits per heavy atom. The second-order valence-electron chi connectivity index (χ2n) is 3.55. The fourth-order valence-corrected chi connectivity index (χ4v) is 1.18. The number of rotatable bonds is 3. The summed E-state index contributed by atoms with van der Waals surface area (Å²) in [7, 11) is 3.54.